The van der Waals surface area contributed by atoms with Gasteiger partial charge in [0.25, 0.3) is 0 Å². The maximum absolute atomic E-state index is 12.6. The van der Waals surface area contributed by atoms with Crippen molar-refractivity contribution in [2.24, 2.45) is 0 Å². The molecule has 0 spiro atoms. The van der Waals surface area contributed by atoms with Crippen LogP contribution in [0.1, 0.15) is 43.4 Å². The zero-order chi connectivity index (χ0) is 15.2. The number of hydrogen-bond acceptors (Lipinski definition) is 4. The third-order valence-electron chi connectivity index (χ3n) is 3.09. The Labute approximate surface area is 127 Å². The molecule has 116 valence electrons. The first kappa shape index (κ1) is 17.6. The van der Waals surface area contributed by atoms with Crippen molar-refractivity contribution in [2.75, 3.05) is 19.6 Å². The number of hydrogen-bond donors (Lipinski definition) is 1. The molecule has 0 saturated carbocycles. The van der Waals surface area contributed by atoms with Gasteiger partial charge in [-0.25, -0.2) is 8.42 Å². The zero-order valence-corrected chi connectivity index (χ0v) is 14.5. The van der Waals surface area contributed by atoms with Crippen molar-refractivity contribution >= 4 is 21.4 Å². The summed E-state index contributed by atoms with van der Waals surface area (Å²) >= 11 is 1.57. The minimum absolute atomic E-state index is 0.478. The second-order valence-corrected chi connectivity index (χ2v) is 8.05. The molecule has 0 aliphatic carbocycles. The fourth-order valence-corrected chi connectivity index (χ4v) is 5.21. The molecule has 0 saturated heterocycles. The Kier molecular flexibility index (Phi) is 7.15. The first-order valence-electron chi connectivity index (χ1n) is 7.27. The van der Waals surface area contributed by atoms with E-state index in [1.807, 2.05) is 26.8 Å². The van der Waals surface area contributed by atoms with E-state index in [0.717, 1.165) is 35.7 Å². The summed E-state index contributed by atoms with van der Waals surface area (Å²) in [5, 5.41) is 3.31. The average Bonchev–Trinajstić information content (AvgIpc) is 2.78. The van der Waals surface area contributed by atoms with E-state index in [4.69, 9.17) is 0 Å². The molecule has 1 aromatic heterocycles. The molecule has 0 amide bonds. The van der Waals surface area contributed by atoms with Crippen LogP contribution in [0.5, 0.6) is 0 Å². The van der Waals surface area contributed by atoms with Crippen LogP contribution in [0.2, 0.25) is 0 Å². The van der Waals surface area contributed by atoms with Crippen molar-refractivity contribution < 1.29 is 8.42 Å². The lowest BCUT2D eigenvalue weighted by Gasteiger charge is -2.19. The topological polar surface area (TPSA) is 49.4 Å². The molecule has 1 N–H and O–H groups in total. The van der Waals surface area contributed by atoms with Gasteiger partial charge in [0.2, 0.25) is 10.0 Å². The lowest BCUT2D eigenvalue weighted by molar-refractivity contribution is 0.427. The van der Waals surface area contributed by atoms with Gasteiger partial charge >= 0.3 is 0 Å². The van der Waals surface area contributed by atoms with E-state index in [1.165, 1.54) is 0 Å². The van der Waals surface area contributed by atoms with Crippen LogP contribution < -0.4 is 5.32 Å². The molecular weight excluding hydrogens is 292 g/mol. The number of rotatable bonds is 9. The highest BCUT2D eigenvalue weighted by molar-refractivity contribution is 7.89. The highest BCUT2D eigenvalue weighted by Crippen LogP contribution is 2.28. The van der Waals surface area contributed by atoms with Crippen LogP contribution in [0.3, 0.4) is 0 Å². The van der Waals surface area contributed by atoms with Gasteiger partial charge in [0.15, 0.2) is 0 Å². The van der Waals surface area contributed by atoms with Gasteiger partial charge in [-0.05, 0) is 32.4 Å². The predicted molar refractivity (Wildman–Crippen MR) is 85.8 cm³/mol. The molecular formula is C14H26N2O2S2. The van der Waals surface area contributed by atoms with Crippen molar-refractivity contribution in [3.05, 3.63) is 15.8 Å². The van der Waals surface area contributed by atoms with Gasteiger partial charge in [-0.2, -0.15) is 4.31 Å². The summed E-state index contributed by atoms with van der Waals surface area (Å²) in [4.78, 5) is 2.45. The molecule has 0 unspecified atom stereocenters. The van der Waals surface area contributed by atoms with Crippen LogP contribution in [-0.2, 0) is 16.6 Å². The van der Waals surface area contributed by atoms with Crippen molar-refractivity contribution in [1.82, 2.24) is 9.62 Å². The molecule has 1 aromatic rings. The zero-order valence-electron chi connectivity index (χ0n) is 12.9. The summed E-state index contributed by atoms with van der Waals surface area (Å²) in [7, 11) is -3.34. The lowest BCUT2D eigenvalue weighted by atomic mass is 10.4. The van der Waals surface area contributed by atoms with Gasteiger partial charge in [0.1, 0.15) is 0 Å². The fraction of sp³-hybridized carbons (Fsp3) is 0.714. The van der Waals surface area contributed by atoms with Gasteiger partial charge in [0.05, 0.1) is 4.90 Å². The third-order valence-corrected chi connectivity index (χ3v) is 6.37. The first-order chi connectivity index (χ1) is 9.47. The van der Waals surface area contributed by atoms with E-state index in [1.54, 1.807) is 15.6 Å². The summed E-state index contributed by atoms with van der Waals surface area (Å²) in [5.74, 6) is 0. The number of thiophene rings is 1. The molecule has 0 fully saturated rings. The normalized spacial score (nSPS) is 12.2. The molecule has 20 heavy (non-hydrogen) atoms. The van der Waals surface area contributed by atoms with E-state index in [2.05, 4.69) is 12.2 Å². The molecule has 1 heterocycles. The van der Waals surface area contributed by atoms with Crippen molar-refractivity contribution in [3.63, 3.8) is 0 Å². The highest BCUT2D eigenvalue weighted by Gasteiger charge is 2.25. The summed E-state index contributed by atoms with van der Waals surface area (Å²) in [6.45, 7) is 10.7. The average molecular weight is 319 g/mol. The largest absolute Gasteiger partial charge is 0.312 e. The SMILES string of the molecule is CCCNCc1cc(S(=O)(=O)N(CC)CCC)c(C)s1. The minimum atomic E-state index is -3.34. The van der Waals surface area contributed by atoms with Crippen LogP contribution in [0.4, 0.5) is 0 Å². The lowest BCUT2D eigenvalue weighted by Crippen LogP contribution is -2.31. The first-order valence-corrected chi connectivity index (χ1v) is 9.53. The molecule has 0 aliphatic heterocycles. The van der Waals surface area contributed by atoms with Crippen molar-refractivity contribution in [1.29, 1.82) is 0 Å². The van der Waals surface area contributed by atoms with Crippen LogP contribution in [0, 0.1) is 6.92 Å². The standard InChI is InChI=1S/C14H26N2O2S2/c1-5-8-15-11-13-10-14(12(4)19-13)20(17,18)16(7-3)9-6-2/h10,15H,5-9,11H2,1-4H3. The highest BCUT2D eigenvalue weighted by atomic mass is 32.2. The number of aryl methyl sites for hydroxylation is 1. The molecule has 6 heteroatoms. The summed E-state index contributed by atoms with van der Waals surface area (Å²) in [6, 6.07) is 1.83. The van der Waals surface area contributed by atoms with Gasteiger partial charge in [-0.1, -0.05) is 20.8 Å². The number of nitrogens with one attached hydrogen (secondary N) is 1. The van der Waals surface area contributed by atoms with E-state index in [0.29, 0.717) is 18.0 Å². The predicted octanol–water partition coefficient (Wildman–Crippen LogP) is 2.98. The Morgan fingerprint density at radius 1 is 1.25 bits per heavy atom. The molecule has 4 nitrogen and oxygen atoms in total. The van der Waals surface area contributed by atoms with Gasteiger partial charge in [-0.15, -0.1) is 11.3 Å². The Morgan fingerprint density at radius 2 is 1.95 bits per heavy atom. The summed E-state index contributed by atoms with van der Waals surface area (Å²) in [6.07, 6.45) is 1.91. The van der Waals surface area contributed by atoms with Crippen LogP contribution in [0.25, 0.3) is 0 Å². The quantitative estimate of drug-likeness (QED) is 0.712. The third kappa shape index (κ3) is 4.28. The molecule has 0 bridgehead atoms. The monoisotopic (exact) mass is 318 g/mol. The minimum Gasteiger partial charge on any atom is -0.312 e. The van der Waals surface area contributed by atoms with Gasteiger partial charge in [0, 0.05) is 29.4 Å². The maximum Gasteiger partial charge on any atom is 0.244 e. The van der Waals surface area contributed by atoms with E-state index < -0.39 is 10.0 Å². The Bertz CT molecular complexity index is 509. The van der Waals surface area contributed by atoms with Gasteiger partial charge < -0.3 is 5.32 Å². The second kappa shape index (κ2) is 8.12. The fourth-order valence-electron chi connectivity index (χ4n) is 2.09. The number of sulfonamides is 1. The van der Waals surface area contributed by atoms with Crippen LogP contribution in [-0.4, -0.2) is 32.4 Å². The van der Waals surface area contributed by atoms with E-state index in [-0.39, 0.29) is 0 Å². The molecule has 0 atom stereocenters. The number of nitrogens with zero attached hydrogens (tertiary/aromatic N) is 1. The molecule has 0 aromatic carbocycles. The maximum atomic E-state index is 12.6. The molecule has 0 aliphatic rings. The Balaban J connectivity index is 2.94. The Hall–Kier alpha value is -0.430. The summed E-state index contributed by atoms with van der Waals surface area (Å²) in [5.41, 5.74) is 0. The van der Waals surface area contributed by atoms with E-state index in [9.17, 15) is 8.42 Å². The van der Waals surface area contributed by atoms with Gasteiger partial charge in [-0.3, -0.25) is 0 Å². The summed E-state index contributed by atoms with van der Waals surface area (Å²) < 4.78 is 26.8. The smallest absolute Gasteiger partial charge is 0.244 e. The van der Waals surface area contributed by atoms with Crippen LogP contribution in [0.15, 0.2) is 11.0 Å². The Morgan fingerprint density at radius 3 is 2.50 bits per heavy atom. The van der Waals surface area contributed by atoms with Crippen LogP contribution >= 0.6 is 11.3 Å². The van der Waals surface area contributed by atoms with Crippen molar-refractivity contribution in [2.45, 2.75) is 52.0 Å². The van der Waals surface area contributed by atoms with Crippen molar-refractivity contribution in [3.8, 4) is 0 Å². The second-order valence-electron chi connectivity index (χ2n) is 4.81. The molecule has 0 radical (unpaired) electrons. The molecule has 1 rings (SSSR count). The van der Waals surface area contributed by atoms with E-state index >= 15 is 0 Å².